The predicted octanol–water partition coefficient (Wildman–Crippen LogP) is 19.3. The first-order valence-corrected chi connectivity index (χ1v) is 33.7. The summed E-state index contributed by atoms with van der Waals surface area (Å²) < 4.78 is 23.4. The van der Waals surface area contributed by atoms with Crippen molar-refractivity contribution in [2.45, 2.75) is 341 Å². The number of carbonyl (C=O) groups is 1. The van der Waals surface area contributed by atoms with E-state index in [0.29, 0.717) is 17.4 Å². The second-order valence-corrected chi connectivity index (χ2v) is 24.9. The number of nitrogens with one attached hydrogen (secondary N) is 1. The Bertz CT molecular complexity index is 1240. The number of phosphoric acid groups is 1. The number of phosphoric ester groups is 1. The summed E-state index contributed by atoms with van der Waals surface area (Å²) >= 11 is 0. The zero-order valence-electron chi connectivity index (χ0n) is 49.6. The van der Waals surface area contributed by atoms with Crippen LogP contribution in [0.5, 0.6) is 0 Å². The largest absolute Gasteiger partial charge is 0.756 e. The summed E-state index contributed by atoms with van der Waals surface area (Å²) in [5.41, 5.74) is 0. The van der Waals surface area contributed by atoms with E-state index < -0.39 is 20.0 Å². The van der Waals surface area contributed by atoms with Crippen molar-refractivity contribution in [1.82, 2.24) is 5.32 Å². The number of rotatable bonds is 60. The van der Waals surface area contributed by atoms with Crippen molar-refractivity contribution in [3.05, 3.63) is 24.3 Å². The van der Waals surface area contributed by atoms with Crippen LogP contribution < -0.4 is 10.2 Å². The third-order valence-electron chi connectivity index (χ3n) is 14.9. The first-order chi connectivity index (χ1) is 35.5. The summed E-state index contributed by atoms with van der Waals surface area (Å²) in [5.74, 6) is -0.190. The maximum Gasteiger partial charge on any atom is 0.268 e. The highest BCUT2D eigenvalue weighted by Gasteiger charge is 2.23. The molecule has 9 heteroatoms. The predicted molar refractivity (Wildman–Crippen MR) is 316 cm³/mol. The van der Waals surface area contributed by atoms with E-state index in [1.54, 1.807) is 6.08 Å². The highest BCUT2D eigenvalue weighted by Crippen LogP contribution is 2.38. The Morgan fingerprint density at radius 1 is 0.466 bits per heavy atom. The lowest BCUT2D eigenvalue weighted by atomic mass is 10.0. The van der Waals surface area contributed by atoms with E-state index in [1.165, 1.54) is 270 Å². The van der Waals surface area contributed by atoms with Crippen molar-refractivity contribution in [2.75, 3.05) is 40.9 Å². The highest BCUT2D eigenvalue weighted by atomic mass is 31.2. The van der Waals surface area contributed by atoms with Crippen molar-refractivity contribution < 1.29 is 32.9 Å². The maximum absolute atomic E-state index is 13.0. The van der Waals surface area contributed by atoms with Crippen molar-refractivity contribution in [1.29, 1.82) is 0 Å². The Labute approximate surface area is 455 Å². The maximum atomic E-state index is 13.0. The normalized spacial score (nSPS) is 13.9. The van der Waals surface area contributed by atoms with Crippen LogP contribution in [-0.2, 0) is 18.4 Å². The quantitative estimate of drug-likeness (QED) is 0.0272. The number of quaternary nitrogens is 1. The average molecular weight is 1050 g/mol. The molecule has 0 radical (unpaired) electrons. The number of unbranched alkanes of at least 4 members (excludes halogenated alkanes) is 45. The lowest BCUT2D eigenvalue weighted by Gasteiger charge is -2.29. The first-order valence-electron chi connectivity index (χ1n) is 32.2. The topological polar surface area (TPSA) is 108 Å². The van der Waals surface area contributed by atoms with Crippen LogP contribution in [0.15, 0.2) is 24.3 Å². The Hall–Kier alpha value is -1.02. The molecule has 0 aliphatic rings. The van der Waals surface area contributed by atoms with Gasteiger partial charge in [0, 0.05) is 6.42 Å². The molecule has 0 fully saturated rings. The molecule has 0 rings (SSSR count). The van der Waals surface area contributed by atoms with Crippen LogP contribution in [0.4, 0.5) is 0 Å². The molecule has 434 valence electrons. The monoisotopic (exact) mass is 1050 g/mol. The average Bonchev–Trinajstić information content (AvgIpc) is 3.35. The zero-order chi connectivity index (χ0) is 53.5. The van der Waals surface area contributed by atoms with Crippen molar-refractivity contribution in [3.63, 3.8) is 0 Å². The third-order valence-corrected chi connectivity index (χ3v) is 15.9. The number of nitrogens with zero attached hydrogens (tertiary/aromatic N) is 1. The SMILES string of the molecule is CCCCCCCCCC/C=C\CCCCCCCCCCCCCCCCCCCCCC(=O)NC(COP(=O)([O-])OCC[N+](C)(C)C)C(O)/C=C/CCCCCCCCCCCCCCCCCCCC. The third kappa shape index (κ3) is 58.5. The fourth-order valence-electron chi connectivity index (χ4n) is 9.86. The summed E-state index contributed by atoms with van der Waals surface area (Å²) in [6, 6.07) is -0.884. The summed E-state index contributed by atoms with van der Waals surface area (Å²) in [4.78, 5) is 25.6. The van der Waals surface area contributed by atoms with Crippen molar-refractivity contribution in [3.8, 4) is 0 Å². The van der Waals surface area contributed by atoms with Crippen molar-refractivity contribution in [2.24, 2.45) is 0 Å². The number of hydrogen-bond donors (Lipinski definition) is 2. The van der Waals surface area contributed by atoms with E-state index in [-0.39, 0.29) is 19.1 Å². The van der Waals surface area contributed by atoms with Crippen LogP contribution in [0.3, 0.4) is 0 Å². The lowest BCUT2D eigenvalue weighted by Crippen LogP contribution is -2.45. The van der Waals surface area contributed by atoms with E-state index in [1.807, 2.05) is 27.2 Å². The fraction of sp³-hybridized carbons (Fsp3) is 0.922. The first kappa shape index (κ1) is 72.0. The number of carbonyl (C=O) groups excluding carboxylic acids is 1. The van der Waals surface area contributed by atoms with Crippen LogP contribution in [0.25, 0.3) is 0 Å². The number of amides is 1. The van der Waals surface area contributed by atoms with E-state index in [0.717, 1.165) is 38.5 Å². The highest BCUT2D eigenvalue weighted by molar-refractivity contribution is 7.45. The Balaban J connectivity index is 4.05. The second-order valence-electron chi connectivity index (χ2n) is 23.5. The molecule has 0 aromatic rings. The van der Waals surface area contributed by atoms with Gasteiger partial charge >= 0.3 is 0 Å². The Kier molecular flexibility index (Phi) is 54.9. The van der Waals surface area contributed by atoms with Crippen LogP contribution in [0.1, 0.15) is 328 Å². The van der Waals surface area contributed by atoms with Gasteiger partial charge in [-0.3, -0.25) is 9.36 Å². The van der Waals surface area contributed by atoms with Gasteiger partial charge in [-0.05, 0) is 44.9 Å². The molecule has 0 spiro atoms. The van der Waals surface area contributed by atoms with Crippen LogP contribution in [-0.4, -0.2) is 68.5 Å². The van der Waals surface area contributed by atoms with E-state index in [2.05, 4.69) is 31.3 Å². The molecule has 0 aromatic heterocycles. The minimum atomic E-state index is -4.60. The van der Waals surface area contributed by atoms with Gasteiger partial charge in [-0.25, -0.2) is 0 Å². The Morgan fingerprint density at radius 3 is 1.07 bits per heavy atom. The van der Waals surface area contributed by atoms with E-state index in [9.17, 15) is 19.4 Å². The molecule has 0 aromatic carbocycles. The van der Waals surface area contributed by atoms with Gasteiger partial charge in [0.2, 0.25) is 5.91 Å². The molecule has 8 nitrogen and oxygen atoms in total. The molecule has 0 saturated heterocycles. The van der Waals surface area contributed by atoms with Gasteiger partial charge in [-0.2, -0.15) is 0 Å². The summed E-state index contributed by atoms with van der Waals surface area (Å²) in [6.45, 7) is 4.70. The summed E-state index contributed by atoms with van der Waals surface area (Å²) in [6.07, 6.45) is 71.3. The fourth-order valence-corrected chi connectivity index (χ4v) is 10.6. The molecule has 0 saturated carbocycles. The van der Waals surface area contributed by atoms with Gasteiger partial charge in [0.1, 0.15) is 13.2 Å². The molecule has 2 N–H and O–H groups in total. The van der Waals surface area contributed by atoms with Gasteiger partial charge in [0.05, 0.1) is 39.9 Å². The molecular formula is C64H127N2O6P. The van der Waals surface area contributed by atoms with E-state index in [4.69, 9.17) is 9.05 Å². The molecular weight excluding hydrogens is 924 g/mol. The molecule has 0 aliphatic heterocycles. The van der Waals surface area contributed by atoms with Crippen LogP contribution in [0, 0.1) is 0 Å². The number of hydrogen-bond acceptors (Lipinski definition) is 6. The zero-order valence-corrected chi connectivity index (χ0v) is 50.5. The minimum absolute atomic E-state index is 0.00176. The van der Waals surface area contributed by atoms with Gasteiger partial charge in [-0.1, -0.05) is 301 Å². The van der Waals surface area contributed by atoms with Gasteiger partial charge in [-0.15, -0.1) is 0 Å². The van der Waals surface area contributed by atoms with Gasteiger partial charge in [0.25, 0.3) is 7.82 Å². The number of aliphatic hydroxyl groups excluding tert-OH is 1. The molecule has 1 amide bonds. The lowest BCUT2D eigenvalue weighted by molar-refractivity contribution is -0.870. The molecule has 3 unspecified atom stereocenters. The Morgan fingerprint density at radius 2 is 0.753 bits per heavy atom. The van der Waals surface area contributed by atoms with E-state index >= 15 is 0 Å². The second kappa shape index (κ2) is 55.7. The minimum Gasteiger partial charge on any atom is -0.756 e. The summed E-state index contributed by atoms with van der Waals surface area (Å²) in [7, 11) is 1.28. The van der Waals surface area contributed by atoms with Gasteiger partial charge < -0.3 is 28.8 Å². The van der Waals surface area contributed by atoms with Crippen molar-refractivity contribution >= 4 is 13.7 Å². The number of aliphatic hydroxyl groups is 1. The smallest absolute Gasteiger partial charge is 0.268 e. The standard InChI is InChI=1S/C64H127N2O6P/c1-6-8-10-12-14-16-18-20-22-24-26-28-29-30-31-32-33-34-35-36-37-38-40-42-44-46-48-50-52-54-56-58-64(68)65-62(61-72-73(69,70)71-60-59-66(3,4)5)63(67)57-55-53-51-49-47-45-43-41-39-27-25-23-21-19-17-15-13-11-9-7-2/h24,26,55,57,62-63,67H,6-23,25,27-54,56,58-61H2,1-5H3,(H-,65,68,69,70)/b26-24-,57-55+. The van der Waals surface area contributed by atoms with Gasteiger partial charge in [0.15, 0.2) is 0 Å². The molecule has 73 heavy (non-hydrogen) atoms. The molecule has 0 aliphatic carbocycles. The molecule has 0 heterocycles. The number of allylic oxidation sites excluding steroid dienone is 3. The molecule has 3 atom stereocenters. The van der Waals surface area contributed by atoms with Crippen LogP contribution in [0.2, 0.25) is 0 Å². The van der Waals surface area contributed by atoms with Crippen LogP contribution >= 0.6 is 7.82 Å². The number of likely N-dealkylation sites (N-methyl/N-ethyl adjacent to an activating group) is 1. The molecule has 0 bridgehead atoms. The summed E-state index contributed by atoms with van der Waals surface area (Å²) in [5, 5.41) is 13.9.